The molecule has 1 heterocycles. The third-order valence-electron chi connectivity index (χ3n) is 3.15. The van der Waals surface area contributed by atoms with Crippen molar-refractivity contribution in [3.63, 3.8) is 0 Å². The number of para-hydroxylation sites is 1. The molecule has 0 aliphatic rings. The molecule has 6 nitrogen and oxygen atoms in total. The monoisotopic (exact) mass is 348 g/mol. The SMILES string of the molecule is O=C(NNC(=O)c1n[nH]c2ccccc12)c1cc(Cl)ccc1Cl. The highest BCUT2D eigenvalue weighted by Crippen LogP contribution is 2.20. The van der Waals surface area contributed by atoms with E-state index in [1.165, 1.54) is 12.1 Å². The second-order valence-corrected chi connectivity index (χ2v) is 5.49. The number of halogens is 2. The number of amides is 2. The quantitative estimate of drug-likeness (QED) is 0.622. The predicted molar refractivity (Wildman–Crippen MR) is 87.5 cm³/mol. The highest BCUT2D eigenvalue weighted by molar-refractivity contribution is 6.35. The minimum Gasteiger partial charge on any atom is -0.277 e. The summed E-state index contributed by atoms with van der Waals surface area (Å²) < 4.78 is 0. The van der Waals surface area contributed by atoms with Gasteiger partial charge in [-0.1, -0.05) is 41.4 Å². The molecule has 3 N–H and O–H groups in total. The van der Waals surface area contributed by atoms with Gasteiger partial charge >= 0.3 is 0 Å². The number of hydrazine groups is 1. The van der Waals surface area contributed by atoms with Crippen LogP contribution in [0.2, 0.25) is 10.0 Å². The molecule has 0 unspecified atom stereocenters. The summed E-state index contributed by atoms with van der Waals surface area (Å²) in [7, 11) is 0. The number of nitrogens with one attached hydrogen (secondary N) is 3. The molecule has 1 aromatic heterocycles. The van der Waals surface area contributed by atoms with E-state index in [2.05, 4.69) is 21.0 Å². The molecule has 0 saturated heterocycles. The van der Waals surface area contributed by atoms with E-state index in [0.717, 1.165) is 5.52 Å². The van der Waals surface area contributed by atoms with E-state index in [9.17, 15) is 9.59 Å². The number of hydrogen-bond acceptors (Lipinski definition) is 3. The van der Waals surface area contributed by atoms with Crippen LogP contribution in [-0.4, -0.2) is 22.0 Å². The lowest BCUT2D eigenvalue weighted by atomic mass is 10.2. The van der Waals surface area contributed by atoms with E-state index in [4.69, 9.17) is 23.2 Å². The van der Waals surface area contributed by atoms with Gasteiger partial charge in [-0.15, -0.1) is 0 Å². The summed E-state index contributed by atoms with van der Waals surface area (Å²) in [6.07, 6.45) is 0. The van der Waals surface area contributed by atoms with Gasteiger partial charge in [0, 0.05) is 10.4 Å². The molecule has 116 valence electrons. The fourth-order valence-corrected chi connectivity index (χ4v) is 2.42. The summed E-state index contributed by atoms with van der Waals surface area (Å²) in [5.74, 6) is -1.13. The van der Waals surface area contributed by atoms with Crippen LogP contribution in [0.25, 0.3) is 10.9 Å². The van der Waals surface area contributed by atoms with Crippen molar-refractivity contribution >= 4 is 45.9 Å². The van der Waals surface area contributed by atoms with Crippen molar-refractivity contribution in [1.29, 1.82) is 0 Å². The number of nitrogens with zero attached hydrogens (tertiary/aromatic N) is 1. The number of carbonyl (C=O) groups excluding carboxylic acids is 2. The molecule has 0 radical (unpaired) electrons. The fraction of sp³-hybridized carbons (Fsp3) is 0. The lowest BCUT2D eigenvalue weighted by molar-refractivity contribution is 0.0845. The van der Waals surface area contributed by atoms with Crippen LogP contribution < -0.4 is 10.9 Å². The molecule has 23 heavy (non-hydrogen) atoms. The van der Waals surface area contributed by atoms with Gasteiger partial charge in [-0.2, -0.15) is 5.10 Å². The Balaban J connectivity index is 1.74. The topological polar surface area (TPSA) is 86.9 Å². The molecule has 0 fully saturated rings. The lowest BCUT2D eigenvalue weighted by Gasteiger charge is -2.08. The third-order valence-corrected chi connectivity index (χ3v) is 3.71. The van der Waals surface area contributed by atoms with Gasteiger partial charge in [-0.05, 0) is 24.3 Å². The van der Waals surface area contributed by atoms with Gasteiger partial charge in [-0.3, -0.25) is 25.5 Å². The van der Waals surface area contributed by atoms with Crippen LogP contribution >= 0.6 is 23.2 Å². The summed E-state index contributed by atoms with van der Waals surface area (Å²) >= 11 is 11.8. The summed E-state index contributed by atoms with van der Waals surface area (Å²) in [6, 6.07) is 11.6. The maximum Gasteiger partial charge on any atom is 0.290 e. The number of H-pyrrole nitrogens is 1. The second kappa shape index (κ2) is 6.28. The molecule has 0 bridgehead atoms. The van der Waals surface area contributed by atoms with Gasteiger partial charge in [0.1, 0.15) is 0 Å². The first-order chi connectivity index (χ1) is 11.1. The Labute approximate surface area is 140 Å². The first kappa shape index (κ1) is 15.3. The average molecular weight is 349 g/mol. The number of carbonyl (C=O) groups is 2. The van der Waals surface area contributed by atoms with Gasteiger partial charge in [0.15, 0.2) is 5.69 Å². The Hall–Kier alpha value is -2.57. The normalized spacial score (nSPS) is 10.5. The Morgan fingerprint density at radius 1 is 1.00 bits per heavy atom. The minimum atomic E-state index is -0.578. The molecular weight excluding hydrogens is 339 g/mol. The van der Waals surface area contributed by atoms with Gasteiger partial charge in [-0.25, -0.2) is 0 Å². The Morgan fingerprint density at radius 3 is 2.57 bits per heavy atom. The fourth-order valence-electron chi connectivity index (χ4n) is 2.05. The summed E-state index contributed by atoms with van der Waals surface area (Å²) in [5.41, 5.74) is 5.65. The number of benzene rings is 2. The number of aromatic nitrogens is 2. The molecule has 3 rings (SSSR count). The summed E-state index contributed by atoms with van der Waals surface area (Å²) in [5, 5.41) is 7.93. The van der Waals surface area contributed by atoms with Crippen molar-refractivity contribution in [1.82, 2.24) is 21.0 Å². The van der Waals surface area contributed by atoms with Gasteiger partial charge in [0.05, 0.1) is 16.1 Å². The van der Waals surface area contributed by atoms with Crippen molar-refractivity contribution in [2.45, 2.75) is 0 Å². The average Bonchev–Trinajstić information content (AvgIpc) is 2.98. The number of fused-ring (bicyclic) bond motifs is 1. The molecule has 0 spiro atoms. The first-order valence-corrected chi connectivity index (χ1v) is 7.30. The molecule has 3 aromatic rings. The number of aromatic amines is 1. The van der Waals surface area contributed by atoms with Gasteiger partial charge < -0.3 is 0 Å². The van der Waals surface area contributed by atoms with Crippen molar-refractivity contribution in [3.8, 4) is 0 Å². The molecule has 0 atom stereocenters. The zero-order valence-electron chi connectivity index (χ0n) is 11.6. The van der Waals surface area contributed by atoms with Crippen molar-refractivity contribution in [3.05, 3.63) is 63.8 Å². The predicted octanol–water partition coefficient (Wildman–Crippen LogP) is 2.94. The number of rotatable bonds is 2. The molecule has 8 heteroatoms. The smallest absolute Gasteiger partial charge is 0.277 e. The van der Waals surface area contributed by atoms with E-state index in [0.29, 0.717) is 10.4 Å². The zero-order valence-corrected chi connectivity index (χ0v) is 13.1. The van der Waals surface area contributed by atoms with E-state index in [1.54, 1.807) is 24.3 Å². The van der Waals surface area contributed by atoms with Crippen molar-refractivity contribution < 1.29 is 9.59 Å². The van der Waals surface area contributed by atoms with Crippen LogP contribution in [0.15, 0.2) is 42.5 Å². The largest absolute Gasteiger partial charge is 0.290 e. The first-order valence-electron chi connectivity index (χ1n) is 6.55. The highest BCUT2D eigenvalue weighted by Gasteiger charge is 2.16. The highest BCUT2D eigenvalue weighted by atomic mass is 35.5. The van der Waals surface area contributed by atoms with E-state index in [-0.39, 0.29) is 16.3 Å². The van der Waals surface area contributed by atoms with Crippen molar-refractivity contribution in [2.75, 3.05) is 0 Å². The molecule has 0 aliphatic carbocycles. The molecule has 0 saturated carbocycles. The standard InChI is InChI=1S/C15H10Cl2N4O2/c16-8-5-6-11(17)10(7-8)14(22)20-21-15(23)13-9-3-1-2-4-12(9)18-19-13/h1-7H,(H,18,19)(H,20,22)(H,21,23). The Kier molecular flexibility index (Phi) is 4.18. The van der Waals surface area contributed by atoms with E-state index >= 15 is 0 Å². The van der Waals surface area contributed by atoms with Crippen LogP contribution in [0, 0.1) is 0 Å². The van der Waals surface area contributed by atoms with Crippen LogP contribution in [0.4, 0.5) is 0 Å². The maximum absolute atomic E-state index is 12.1. The Morgan fingerprint density at radius 2 is 1.74 bits per heavy atom. The molecule has 2 amide bonds. The van der Waals surface area contributed by atoms with Crippen LogP contribution in [-0.2, 0) is 0 Å². The molecular formula is C15H10Cl2N4O2. The van der Waals surface area contributed by atoms with Crippen LogP contribution in [0.5, 0.6) is 0 Å². The summed E-state index contributed by atoms with van der Waals surface area (Å²) in [4.78, 5) is 24.2. The minimum absolute atomic E-state index is 0.159. The molecule has 0 aliphatic heterocycles. The lowest BCUT2D eigenvalue weighted by Crippen LogP contribution is -2.42. The van der Waals surface area contributed by atoms with Gasteiger partial charge in [0.25, 0.3) is 11.8 Å². The van der Waals surface area contributed by atoms with E-state index < -0.39 is 11.8 Å². The third kappa shape index (κ3) is 3.13. The van der Waals surface area contributed by atoms with Gasteiger partial charge in [0.2, 0.25) is 0 Å². The van der Waals surface area contributed by atoms with Crippen LogP contribution in [0.1, 0.15) is 20.8 Å². The van der Waals surface area contributed by atoms with Crippen molar-refractivity contribution in [2.24, 2.45) is 0 Å². The maximum atomic E-state index is 12.1. The molecule has 2 aromatic carbocycles. The zero-order chi connectivity index (χ0) is 16.4. The Bertz CT molecular complexity index is 907. The number of hydrogen-bond donors (Lipinski definition) is 3. The summed E-state index contributed by atoms with van der Waals surface area (Å²) in [6.45, 7) is 0. The van der Waals surface area contributed by atoms with Crippen LogP contribution in [0.3, 0.4) is 0 Å². The van der Waals surface area contributed by atoms with E-state index in [1.807, 2.05) is 6.07 Å². The second-order valence-electron chi connectivity index (χ2n) is 4.65.